The molecule has 13 N–H and O–H groups in total. The molecule has 41 heavy (non-hydrogen) atoms. The number of carbonyl (C=O) groups is 1. The van der Waals surface area contributed by atoms with Gasteiger partial charge in [-0.15, -0.1) is 0 Å². The third-order valence-corrected chi connectivity index (χ3v) is 7.77. The quantitative estimate of drug-likeness (QED) is 0.138. The molecule has 2 aliphatic heterocycles. The second kappa shape index (κ2) is 14.5. The van der Waals surface area contributed by atoms with Gasteiger partial charge >= 0.3 is 6.09 Å². The predicted octanol–water partition coefficient (Wildman–Crippen LogP) is -3.30. The molecule has 232 valence electrons. The van der Waals surface area contributed by atoms with Crippen molar-refractivity contribution in [2.75, 3.05) is 13.2 Å². The lowest BCUT2D eigenvalue weighted by Crippen LogP contribution is -2.68. The highest BCUT2D eigenvalue weighted by molar-refractivity contribution is 5.67. The highest BCUT2D eigenvalue weighted by atomic mass is 16.7. The minimum Gasteiger partial charge on any atom is -0.445 e. The zero-order valence-corrected chi connectivity index (χ0v) is 22.7. The van der Waals surface area contributed by atoms with Gasteiger partial charge in [-0.05, 0) is 24.8 Å². The van der Waals surface area contributed by atoms with Crippen LogP contribution in [0, 0.1) is 0 Å². The summed E-state index contributed by atoms with van der Waals surface area (Å²) in [6.07, 6.45) is -9.42. The molecule has 2 heterocycles. The molecule has 0 bridgehead atoms. The molecule has 13 atom stereocenters. The monoisotopic (exact) mass is 585 g/mol. The molecule has 1 aromatic rings. The number of aliphatic hydroxyl groups excluding tert-OH is 4. The molecule has 15 nitrogen and oxygen atoms in total. The van der Waals surface area contributed by atoms with Crippen LogP contribution < -0.4 is 28.3 Å². The predicted molar refractivity (Wildman–Crippen MR) is 143 cm³/mol. The smallest absolute Gasteiger partial charge is 0.407 e. The van der Waals surface area contributed by atoms with Gasteiger partial charge in [0.05, 0.1) is 24.8 Å². The van der Waals surface area contributed by atoms with Crippen molar-refractivity contribution in [3.8, 4) is 0 Å². The number of hydrogen-bond acceptors (Lipinski definition) is 14. The van der Waals surface area contributed by atoms with Crippen molar-refractivity contribution in [3.63, 3.8) is 0 Å². The van der Waals surface area contributed by atoms with Gasteiger partial charge < -0.3 is 72.4 Å². The van der Waals surface area contributed by atoms with E-state index in [2.05, 4.69) is 5.32 Å². The summed E-state index contributed by atoms with van der Waals surface area (Å²) in [5, 5.41) is 43.9. The van der Waals surface area contributed by atoms with Gasteiger partial charge in [-0.25, -0.2) is 4.79 Å². The van der Waals surface area contributed by atoms with Crippen LogP contribution in [0.3, 0.4) is 0 Å². The first-order valence-corrected chi connectivity index (χ1v) is 13.8. The molecule has 15 heteroatoms. The van der Waals surface area contributed by atoms with Crippen LogP contribution >= 0.6 is 0 Å². The molecule has 1 amide bonds. The summed E-state index contributed by atoms with van der Waals surface area (Å²) in [4.78, 5) is 12.2. The summed E-state index contributed by atoms with van der Waals surface area (Å²) in [6, 6.07) is 6.14. The second-order valence-electron chi connectivity index (χ2n) is 10.8. The standard InChI is InChI=1S/C26H43N5O10/c27-14-7-6-13(9-31-26(36)37-11-12-4-2-1-3-5-12)38-24(14)40-22-15(28)8-16(29)23(21(22)35)41-25-20(34)18(30)19(33)17(10-32)39-25/h1-5,13-25,32-35H,6-11,27-30H2,(H,31,36)/t13-,14+,15+,16-,17+,18+,19-,20+,21-,22-,23+,24-,25+/m0/s1. The summed E-state index contributed by atoms with van der Waals surface area (Å²) in [7, 11) is 0. The van der Waals surface area contributed by atoms with E-state index >= 15 is 0 Å². The number of amides is 1. The molecule has 4 rings (SSSR count). The molecule has 1 aliphatic carbocycles. The number of nitrogens with one attached hydrogen (secondary N) is 1. The number of aliphatic hydroxyl groups is 4. The lowest BCUT2D eigenvalue weighted by molar-refractivity contribution is -0.313. The van der Waals surface area contributed by atoms with Gasteiger partial charge in [0.2, 0.25) is 0 Å². The van der Waals surface area contributed by atoms with Crippen LogP contribution in [0.25, 0.3) is 0 Å². The molecule has 3 fully saturated rings. The van der Waals surface area contributed by atoms with E-state index in [1.54, 1.807) is 0 Å². The Labute approximate surface area is 238 Å². The topological polar surface area (TPSA) is 260 Å². The van der Waals surface area contributed by atoms with Crippen molar-refractivity contribution < 1.29 is 48.9 Å². The highest BCUT2D eigenvalue weighted by Gasteiger charge is 2.49. The number of rotatable bonds is 9. The summed E-state index contributed by atoms with van der Waals surface area (Å²) < 4.78 is 28.6. The molecule has 0 aromatic heterocycles. The first-order chi connectivity index (χ1) is 19.6. The van der Waals surface area contributed by atoms with Crippen molar-refractivity contribution in [3.05, 3.63) is 35.9 Å². The number of benzene rings is 1. The van der Waals surface area contributed by atoms with Gasteiger partial charge in [0, 0.05) is 18.6 Å². The summed E-state index contributed by atoms with van der Waals surface area (Å²) in [5.41, 5.74) is 25.5. The summed E-state index contributed by atoms with van der Waals surface area (Å²) in [6.45, 7) is -0.270. The van der Waals surface area contributed by atoms with Gasteiger partial charge in [0.25, 0.3) is 0 Å². The second-order valence-corrected chi connectivity index (χ2v) is 10.8. The fourth-order valence-corrected chi connectivity index (χ4v) is 5.30. The minimum absolute atomic E-state index is 0.133. The van der Waals surface area contributed by atoms with Crippen molar-refractivity contribution in [1.29, 1.82) is 0 Å². The molecular weight excluding hydrogens is 542 g/mol. The van der Waals surface area contributed by atoms with Gasteiger partial charge in [-0.3, -0.25) is 0 Å². The molecule has 1 aromatic carbocycles. The van der Waals surface area contributed by atoms with E-state index in [1.165, 1.54) is 0 Å². The molecular formula is C26H43N5O10. The van der Waals surface area contributed by atoms with Crippen LogP contribution in [-0.4, -0.2) is 119 Å². The van der Waals surface area contributed by atoms with E-state index in [9.17, 15) is 25.2 Å². The first kappa shape index (κ1) is 31.9. The molecule has 0 spiro atoms. The van der Waals surface area contributed by atoms with Crippen molar-refractivity contribution in [2.45, 2.75) is 105 Å². The van der Waals surface area contributed by atoms with Gasteiger partial charge in [-0.1, -0.05) is 30.3 Å². The molecule has 0 radical (unpaired) electrons. The van der Waals surface area contributed by atoms with E-state index in [-0.39, 0.29) is 19.6 Å². The van der Waals surface area contributed by atoms with Crippen LogP contribution in [0.2, 0.25) is 0 Å². The molecule has 0 unspecified atom stereocenters. The van der Waals surface area contributed by atoms with Crippen molar-refractivity contribution in [2.24, 2.45) is 22.9 Å². The number of hydrogen-bond donors (Lipinski definition) is 9. The number of nitrogens with two attached hydrogens (primary N) is 4. The Kier molecular flexibility index (Phi) is 11.3. The minimum atomic E-state index is -1.45. The summed E-state index contributed by atoms with van der Waals surface area (Å²) in [5.74, 6) is 0. The summed E-state index contributed by atoms with van der Waals surface area (Å²) >= 11 is 0. The Bertz CT molecular complexity index is 964. The average molecular weight is 586 g/mol. The first-order valence-electron chi connectivity index (χ1n) is 13.8. The Morgan fingerprint density at radius 2 is 1.54 bits per heavy atom. The van der Waals surface area contributed by atoms with Crippen LogP contribution in [0.5, 0.6) is 0 Å². The largest absolute Gasteiger partial charge is 0.445 e. The highest BCUT2D eigenvalue weighted by Crippen LogP contribution is 2.30. The number of carbonyl (C=O) groups excluding carboxylic acids is 1. The third kappa shape index (κ3) is 7.90. The van der Waals surface area contributed by atoms with Crippen molar-refractivity contribution in [1.82, 2.24) is 5.32 Å². The number of ether oxygens (including phenoxy) is 5. The van der Waals surface area contributed by atoms with E-state index in [0.717, 1.165) is 5.56 Å². The van der Waals surface area contributed by atoms with Gasteiger partial charge in [0.15, 0.2) is 12.6 Å². The van der Waals surface area contributed by atoms with Gasteiger partial charge in [-0.2, -0.15) is 0 Å². The van der Waals surface area contributed by atoms with E-state index in [1.807, 2.05) is 30.3 Å². The van der Waals surface area contributed by atoms with Crippen LogP contribution in [0.15, 0.2) is 30.3 Å². The Morgan fingerprint density at radius 3 is 2.20 bits per heavy atom. The lowest BCUT2D eigenvalue weighted by Gasteiger charge is -2.47. The van der Waals surface area contributed by atoms with E-state index < -0.39 is 92.2 Å². The fourth-order valence-electron chi connectivity index (χ4n) is 5.30. The maximum Gasteiger partial charge on any atom is 0.407 e. The van der Waals surface area contributed by atoms with Crippen molar-refractivity contribution >= 4 is 6.09 Å². The normalized spacial score (nSPS) is 41.5. The molecule has 3 aliphatic rings. The molecule has 1 saturated carbocycles. The lowest BCUT2D eigenvalue weighted by atomic mass is 9.84. The number of alkyl carbamates (subject to hydrolysis) is 1. The SMILES string of the molecule is N[C@@H]1[C@@H](O)[C@@H](CO)O[C@H](O[C@H]2[C@@H](O)[C@@H](O[C@@H]3O[C@H](CNC(=O)OCc4ccccc4)CC[C@H]3N)[C@H](N)C[C@@H]2N)[C@@H]1O. The Balaban J connectivity index is 1.32. The third-order valence-electron chi connectivity index (χ3n) is 7.77. The zero-order chi connectivity index (χ0) is 29.7. The van der Waals surface area contributed by atoms with Crippen LogP contribution in [0.1, 0.15) is 24.8 Å². The maximum atomic E-state index is 12.2. The Morgan fingerprint density at radius 1 is 0.878 bits per heavy atom. The van der Waals surface area contributed by atoms with E-state index in [4.69, 9.17) is 46.6 Å². The van der Waals surface area contributed by atoms with Crippen LogP contribution in [0.4, 0.5) is 4.79 Å². The maximum absolute atomic E-state index is 12.2. The van der Waals surface area contributed by atoms with E-state index in [0.29, 0.717) is 12.8 Å². The molecule has 2 saturated heterocycles. The van der Waals surface area contributed by atoms with Gasteiger partial charge in [0.1, 0.15) is 43.2 Å². The zero-order valence-electron chi connectivity index (χ0n) is 22.7. The fraction of sp³-hybridized carbons (Fsp3) is 0.731. The van der Waals surface area contributed by atoms with Crippen LogP contribution in [-0.2, 0) is 30.3 Å². The average Bonchev–Trinajstić information content (AvgIpc) is 2.96. The Hall–Kier alpha value is -1.99.